The Labute approximate surface area is 279 Å². The highest BCUT2D eigenvalue weighted by molar-refractivity contribution is 6.10. The molecule has 1 aliphatic rings. The summed E-state index contributed by atoms with van der Waals surface area (Å²) in [6.45, 7) is 7.84. The van der Waals surface area contributed by atoms with Crippen molar-refractivity contribution in [2.45, 2.75) is 45.4 Å². The first-order chi connectivity index (χ1) is 23.0. The number of benzene rings is 4. The Morgan fingerprint density at radius 1 is 0.833 bits per heavy atom. The maximum Gasteiger partial charge on any atom is 0.407 e. The number of aromatic amines is 1. The maximum absolute atomic E-state index is 14.0. The number of amides is 2. The van der Waals surface area contributed by atoms with Crippen molar-refractivity contribution in [3.63, 3.8) is 0 Å². The molecule has 0 saturated carbocycles. The average molecular weight is 651 g/mol. The number of H-pyrrole nitrogens is 1. The molecule has 2 heterocycles. The molecule has 0 aliphatic carbocycles. The number of alkyl carbamates (subject to hydrolysis) is 1. The van der Waals surface area contributed by atoms with Crippen LogP contribution in [0, 0.1) is 17.6 Å². The number of halogens is 2. The second-order valence-electron chi connectivity index (χ2n) is 13.4. The second kappa shape index (κ2) is 14.0. The summed E-state index contributed by atoms with van der Waals surface area (Å²) in [4.78, 5) is 32.0. The predicted octanol–water partition coefficient (Wildman–Crippen LogP) is 7.93. The number of rotatable bonds is 9. The number of carbonyl (C=O) groups is 2. The van der Waals surface area contributed by atoms with Crippen LogP contribution in [0.3, 0.4) is 0 Å². The van der Waals surface area contributed by atoms with Gasteiger partial charge >= 0.3 is 6.09 Å². The molecular weight excluding hydrogens is 610 g/mol. The van der Waals surface area contributed by atoms with Gasteiger partial charge in [0.15, 0.2) is 0 Å². The van der Waals surface area contributed by atoms with Crippen molar-refractivity contribution < 1.29 is 23.1 Å². The molecule has 2 amide bonds. The number of hydrogen-bond donors (Lipinski definition) is 3. The summed E-state index contributed by atoms with van der Waals surface area (Å²) in [5.74, 6) is -0.772. The van der Waals surface area contributed by atoms with Crippen LogP contribution >= 0.6 is 0 Å². The van der Waals surface area contributed by atoms with Crippen molar-refractivity contribution in [3.05, 3.63) is 120 Å². The van der Waals surface area contributed by atoms with Crippen LogP contribution in [0.5, 0.6) is 0 Å². The second-order valence-corrected chi connectivity index (χ2v) is 13.4. The summed E-state index contributed by atoms with van der Waals surface area (Å²) in [6.07, 6.45) is 0.338. The normalized spacial score (nSPS) is 16.6. The first kappa shape index (κ1) is 32.9. The number of ether oxygens (including phenoxy) is 1. The molecule has 1 saturated heterocycles. The van der Waals surface area contributed by atoms with E-state index in [1.807, 2.05) is 57.2 Å². The van der Waals surface area contributed by atoms with Crippen LogP contribution in [0.2, 0.25) is 0 Å². The number of nitrogens with zero attached hydrogens (tertiary/aromatic N) is 1. The molecule has 5 aromatic rings. The van der Waals surface area contributed by atoms with Crippen LogP contribution in [-0.2, 0) is 11.3 Å². The van der Waals surface area contributed by atoms with Gasteiger partial charge in [-0.25, -0.2) is 13.6 Å². The van der Waals surface area contributed by atoms with Gasteiger partial charge in [-0.15, -0.1) is 0 Å². The largest absolute Gasteiger partial charge is 0.444 e. The third-order valence-electron chi connectivity index (χ3n) is 8.61. The molecule has 3 N–H and O–H groups in total. The molecule has 0 radical (unpaired) electrons. The molecule has 1 aliphatic heterocycles. The highest BCUT2D eigenvalue weighted by Crippen LogP contribution is 2.35. The van der Waals surface area contributed by atoms with Gasteiger partial charge in [0.05, 0.1) is 0 Å². The summed E-state index contributed by atoms with van der Waals surface area (Å²) in [7, 11) is 0. The standard InChI is InChI=1S/C39H40F2N4O3/c1-39(2,3)48-38(47)43-21-26-19-32(45(24-26)23-25-7-5-4-6-8-25)22-42-37(46)36-35(28-11-16-31(41)17-12-28)33-18-13-29(20-34(33)44-36)27-9-14-30(40)15-10-27/h4-18,20,26,32,44H,19,21-24H2,1-3H3,(H,42,46)(H,43,47)/t26-,32+/m1/s1. The van der Waals surface area contributed by atoms with Crippen molar-refractivity contribution in [1.82, 2.24) is 20.5 Å². The van der Waals surface area contributed by atoms with Gasteiger partial charge in [-0.3, -0.25) is 9.69 Å². The lowest BCUT2D eigenvalue weighted by molar-refractivity contribution is 0.0519. The molecule has 7 nitrogen and oxygen atoms in total. The molecule has 1 aromatic heterocycles. The summed E-state index contributed by atoms with van der Waals surface area (Å²) < 4.78 is 32.9. The Kier molecular flexibility index (Phi) is 9.59. The molecule has 4 aromatic carbocycles. The highest BCUT2D eigenvalue weighted by atomic mass is 19.1. The molecule has 6 rings (SSSR count). The van der Waals surface area contributed by atoms with E-state index in [1.165, 1.54) is 29.8 Å². The van der Waals surface area contributed by atoms with Crippen LogP contribution in [-0.4, -0.2) is 53.2 Å². The minimum absolute atomic E-state index is 0.0309. The smallest absolute Gasteiger partial charge is 0.407 e. The number of carbonyl (C=O) groups excluding carboxylic acids is 2. The van der Waals surface area contributed by atoms with Crippen molar-refractivity contribution in [1.29, 1.82) is 0 Å². The zero-order valence-corrected chi connectivity index (χ0v) is 27.4. The van der Waals surface area contributed by atoms with Crippen molar-refractivity contribution >= 4 is 22.9 Å². The van der Waals surface area contributed by atoms with Gasteiger partial charge < -0.3 is 20.4 Å². The fraction of sp³-hybridized carbons (Fsp3) is 0.282. The summed E-state index contributed by atoms with van der Waals surface area (Å²) in [5.41, 5.74) is 4.81. The average Bonchev–Trinajstić information content (AvgIpc) is 3.63. The van der Waals surface area contributed by atoms with Crippen molar-refractivity contribution in [2.75, 3.05) is 19.6 Å². The van der Waals surface area contributed by atoms with Crippen LogP contribution in [0.4, 0.5) is 13.6 Å². The fourth-order valence-electron chi connectivity index (χ4n) is 6.41. The van der Waals surface area contributed by atoms with Crippen LogP contribution in [0.25, 0.3) is 33.2 Å². The van der Waals surface area contributed by atoms with Crippen molar-refractivity contribution in [2.24, 2.45) is 5.92 Å². The minimum Gasteiger partial charge on any atom is -0.444 e. The van der Waals surface area contributed by atoms with Crippen LogP contribution < -0.4 is 10.6 Å². The maximum atomic E-state index is 14.0. The Hall–Kier alpha value is -5.02. The van der Waals surface area contributed by atoms with Gasteiger partial charge in [-0.05, 0) is 85.7 Å². The van der Waals surface area contributed by atoms with Gasteiger partial charge in [-0.1, -0.05) is 66.7 Å². The van der Waals surface area contributed by atoms with Gasteiger partial charge in [0.1, 0.15) is 22.9 Å². The lowest BCUT2D eigenvalue weighted by atomic mass is 9.99. The first-order valence-electron chi connectivity index (χ1n) is 16.2. The summed E-state index contributed by atoms with van der Waals surface area (Å²) in [5, 5.41) is 6.90. The van der Waals surface area contributed by atoms with E-state index in [9.17, 15) is 18.4 Å². The summed E-state index contributed by atoms with van der Waals surface area (Å²) >= 11 is 0. The molecule has 0 unspecified atom stereocenters. The fourth-order valence-corrected chi connectivity index (χ4v) is 6.41. The molecule has 2 atom stereocenters. The zero-order chi connectivity index (χ0) is 33.8. The first-order valence-corrected chi connectivity index (χ1v) is 16.2. The number of fused-ring (bicyclic) bond motifs is 1. The number of aromatic nitrogens is 1. The van der Waals surface area contributed by atoms with Gasteiger partial charge in [0.2, 0.25) is 0 Å². The van der Waals surface area contributed by atoms with Gasteiger partial charge in [0.25, 0.3) is 5.91 Å². The van der Waals surface area contributed by atoms with E-state index >= 15 is 0 Å². The van der Waals surface area contributed by atoms with Gasteiger partial charge in [-0.2, -0.15) is 0 Å². The number of likely N-dealkylation sites (tertiary alicyclic amines) is 1. The quantitative estimate of drug-likeness (QED) is 0.151. The molecule has 0 bridgehead atoms. The van der Waals surface area contributed by atoms with E-state index in [2.05, 4.69) is 32.7 Å². The molecule has 1 fully saturated rings. The van der Waals surface area contributed by atoms with Crippen LogP contribution in [0.1, 0.15) is 43.2 Å². The third-order valence-corrected chi connectivity index (χ3v) is 8.61. The van der Waals surface area contributed by atoms with E-state index in [0.717, 1.165) is 35.0 Å². The van der Waals surface area contributed by atoms with Crippen LogP contribution in [0.15, 0.2) is 97.1 Å². The molecule has 248 valence electrons. The van der Waals surface area contributed by atoms with E-state index in [-0.39, 0.29) is 29.5 Å². The highest BCUT2D eigenvalue weighted by Gasteiger charge is 2.33. The Balaban J connectivity index is 1.24. The lowest BCUT2D eigenvalue weighted by Gasteiger charge is -2.24. The topological polar surface area (TPSA) is 86.5 Å². The summed E-state index contributed by atoms with van der Waals surface area (Å²) in [6, 6.07) is 28.4. The lowest BCUT2D eigenvalue weighted by Crippen LogP contribution is -2.40. The molecule has 48 heavy (non-hydrogen) atoms. The number of hydrogen-bond acceptors (Lipinski definition) is 4. The third kappa shape index (κ3) is 7.91. The zero-order valence-electron chi connectivity index (χ0n) is 27.4. The minimum atomic E-state index is -0.580. The molecule has 0 spiro atoms. The Morgan fingerprint density at radius 2 is 1.48 bits per heavy atom. The SMILES string of the molecule is CC(C)(C)OC(=O)NC[C@H]1C[C@@H](CNC(=O)c2[nH]c3cc(-c4ccc(F)cc4)ccc3c2-c2ccc(F)cc2)N(Cc2ccccc2)C1. The van der Waals surface area contributed by atoms with E-state index in [0.29, 0.717) is 36.5 Å². The van der Waals surface area contributed by atoms with Crippen molar-refractivity contribution in [3.8, 4) is 22.3 Å². The predicted molar refractivity (Wildman–Crippen MR) is 184 cm³/mol. The molecule has 9 heteroatoms. The molecular formula is C39H40F2N4O3. The van der Waals surface area contributed by atoms with E-state index in [4.69, 9.17) is 4.74 Å². The Bertz CT molecular complexity index is 1880. The van der Waals surface area contributed by atoms with E-state index < -0.39 is 11.7 Å². The van der Waals surface area contributed by atoms with E-state index in [1.54, 1.807) is 24.3 Å². The number of nitrogens with one attached hydrogen (secondary N) is 3. The van der Waals surface area contributed by atoms with Gasteiger partial charge in [0, 0.05) is 48.7 Å². The Morgan fingerprint density at radius 3 is 2.15 bits per heavy atom. The monoisotopic (exact) mass is 650 g/mol.